The Kier molecular flexibility index (Phi) is 5.72. The number of amidine groups is 1. The molecule has 1 N–H and O–H groups in total. The predicted molar refractivity (Wildman–Crippen MR) is 117 cm³/mol. The first-order valence-electron chi connectivity index (χ1n) is 9.80. The highest BCUT2D eigenvalue weighted by Crippen LogP contribution is 2.23. The summed E-state index contributed by atoms with van der Waals surface area (Å²) >= 11 is 5.97. The van der Waals surface area contributed by atoms with E-state index < -0.39 is 16.1 Å². The van der Waals surface area contributed by atoms with E-state index in [2.05, 4.69) is 9.71 Å². The highest BCUT2D eigenvalue weighted by molar-refractivity contribution is 7.90. The number of sulfonamides is 1. The van der Waals surface area contributed by atoms with Crippen LogP contribution < -0.4 is 4.72 Å². The quantitative estimate of drug-likeness (QED) is 0.754. The highest BCUT2D eigenvalue weighted by atomic mass is 35.5. The monoisotopic (exact) mass is 460 g/mol. The number of halogens is 1. The van der Waals surface area contributed by atoms with Gasteiger partial charge in [0.1, 0.15) is 11.9 Å². The second-order valence-electron chi connectivity index (χ2n) is 7.38. The first kappa shape index (κ1) is 21.3. The van der Waals surface area contributed by atoms with Crippen LogP contribution in [0.15, 0.2) is 58.4 Å². The first-order valence-corrected chi connectivity index (χ1v) is 11.7. The zero-order chi connectivity index (χ0) is 22.2. The van der Waals surface area contributed by atoms with Crippen molar-refractivity contribution < 1.29 is 18.0 Å². The van der Waals surface area contributed by atoms with E-state index in [1.807, 2.05) is 0 Å². The molecule has 2 amide bonds. The molecule has 0 saturated carbocycles. The summed E-state index contributed by atoms with van der Waals surface area (Å²) < 4.78 is 26.9. The van der Waals surface area contributed by atoms with E-state index in [1.165, 1.54) is 6.07 Å². The van der Waals surface area contributed by atoms with E-state index in [9.17, 15) is 18.0 Å². The second kappa shape index (κ2) is 8.32. The van der Waals surface area contributed by atoms with Crippen LogP contribution in [-0.4, -0.2) is 68.1 Å². The largest absolute Gasteiger partial charge is 0.337 e. The molecule has 0 radical (unpaired) electrons. The molecule has 162 valence electrons. The number of nitrogens with zero attached hydrogens (tertiary/aromatic N) is 3. The van der Waals surface area contributed by atoms with E-state index in [1.54, 1.807) is 59.2 Å². The Morgan fingerprint density at radius 3 is 2.42 bits per heavy atom. The number of amides is 2. The molecule has 0 unspecified atom stereocenters. The van der Waals surface area contributed by atoms with Crippen molar-refractivity contribution in [3.8, 4) is 0 Å². The van der Waals surface area contributed by atoms with Crippen LogP contribution in [0, 0.1) is 0 Å². The van der Waals surface area contributed by atoms with Crippen LogP contribution in [0.5, 0.6) is 0 Å². The Morgan fingerprint density at radius 2 is 1.71 bits per heavy atom. The smallest absolute Gasteiger partial charge is 0.263 e. The molecular formula is C21H21ClN4O4S. The van der Waals surface area contributed by atoms with E-state index in [0.29, 0.717) is 42.3 Å². The maximum atomic E-state index is 12.9. The fourth-order valence-electron chi connectivity index (χ4n) is 3.68. The molecule has 4 rings (SSSR count). The Labute approximate surface area is 185 Å². The lowest BCUT2D eigenvalue weighted by molar-refractivity contribution is -0.133. The van der Waals surface area contributed by atoms with Gasteiger partial charge in [0, 0.05) is 42.3 Å². The molecule has 1 fully saturated rings. The minimum Gasteiger partial charge on any atom is -0.337 e. The summed E-state index contributed by atoms with van der Waals surface area (Å²) in [5.74, 6) is -0.169. The third-order valence-corrected chi connectivity index (χ3v) is 6.93. The molecule has 2 aromatic rings. The van der Waals surface area contributed by atoms with Gasteiger partial charge in [0.05, 0.1) is 4.90 Å². The van der Waals surface area contributed by atoms with Gasteiger partial charge in [-0.15, -0.1) is 0 Å². The van der Waals surface area contributed by atoms with Crippen LogP contribution in [0.3, 0.4) is 0 Å². The average Bonchev–Trinajstić information content (AvgIpc) is 3.03. The molecule has 0 spiro atoms. The van der Waals surface area contributed by atoms with Crippen LogP contribution in [0.2, 0.25) is 5.02 Å². The van der Waals surface area contributed by atoms with Gasteiger partial charge in [0.2, 0.25) is 5.91 Å². The van der Waals surface area contributed by atoms with E-state index in [-0.39, 0.29) is 22.5 Å². The maximum Gasteiger partial charge on any atom is 0.263 e. The number of carbonyl (C=O) groups is 2. The van der Waals surface area contributed by atoms with Crippen LogP contribution >= 0.6 is 11.6 Å². The van der Waals surface area contributed by atoms with Crippen LogP contribution in [0.4, 0.5) is 0 Å². The fraction of sp³-hybridized carbons (Fsp3) is 0.286. The van der Waals surface area contributed by atoms with Gasteiger partial charge in [-0.2, -0.15) is 0 Å². The summed E-state index contributed by atoms with van der Waals surface area (Å²) in [6, 6.07) is 12.5. The molecule has 0 aromatic heterocycles. The van der Waals surface area contributed by atoms with Crippen molar-refractivity contribution in [1.82, 2.24) is 14.5 Å². The molecular weight excluding hydrogens is 440 g/mol. The molecule has 2 aliphatic heterocycles. The molecule has 8 nitrogen and oxygen atoms in total. The molecule has 31 heavy (non-hydrogen) atoms. The van der Waals surface area contributed by atoms with Gasteiger partial charge >= 0.3 is 0 Å². The molecule has 2 aliphatic rings. The van der Waals surface area contributed by atoms with Gasteiger partial charge in [-0.1, -0.05) is 29.8 Å². The SMILES string of the molecule is C[C@H](N=C1NS(=O)(=O)c2ccccc21)C(=O)N1CCN(C(=O)c2cccc(Cl)c2)CC1. The average molecular weight is 461 g/mol. The molecule has 0 aliphatic carbocycles. The van der Waals surface area contributed by atoms with Crippen molar-refractivity contribution in [2.24, 2.45) is 4.99 Å². The van der Waals surface area contributed by atoms with E-state index in [4.69, 9.17) is 11.6 Å². The molecule has 1 saturated heterocycles. The predicted octanol–water partition coefficient (Wildman–Crippen LogP) is 1.75. The second-order valence-corrected chi connectivity index (χ2v) is 9.47. The van der Waals surface area contributed by atoms with Gasteiger partial charge in [0.25, 0.3) is 15.9 Å². The molecule has 0 bridgehead atoms. The lowest BCUT2D eigenvalue weighted by atomic mass is 10.1. The number of carbonyl (C=O) groups excluding carboxylic acids is 2. The van der Waals surface area contributed by atoms with Crippen molar-refractivity contribution in [2.75, 3.05) is 26.2 Å². The van der Waals surface area contributed by atoms with Gasteiger partial charge in [-0.25, -0.2) is 8.42 Å². The van der Waals surface area contributed by atoms with Crippen LogP contribution in [0.1, 0.15) is 22.8 Å². The summed E-state index contributed by atoms with van der Waals surface area (Å²) in [5.41, 5.74) is 0.971. The van der Waals surface area contributed by atoms with Crippen LogP contribution in [-0.2, 0) is 14.8 Å². The lowest BCUT2D eigenvalue weighted by Gasteiger charge is -2.35. The first-order chi connectivity index (χ1) is 14.8. The van der Waals surface area contributed by atoms with E-state index in [0.717, 1.165) is 0 Å². The van der Waals surface area contributed by atoms with Crippen molar-refractivity contribution in [3.05, 3.63) is 64.7 Å². The minimum atomic E-state index is -3.66. The van der Waals surface area contributed by atoms with Gasteiger partial charge < -0.3 is 9.80 Å². The Balaban J connectivity index is 1.41. The van der Waals surface area contributed by atoms with Crippen LogP contribution in [0.25, 0.3) is 0 Å². The molecule has 10 heteroatoms. The Bertz CT molecular complexity index is 1170. The number of hydrogen-bond donors (Lipinski definition) is 1. The van der Waals surface area contributed by atoms with Gasteiger partial charge in [0.15, 0.2) is 0 Å². The lowest BCUT2D eigenvalue weighted by Crippen LogP contribution is -2.52. The topological polar surface area (TPSA) is 99.1 Å². The zero-order valence-corrected chi connectivity index (χ0v) is 18.4. The summed E-state index contributed by atoms with van der Waals surface area (Å²) in [5, 5.41) is 0.497. The number of aliphatic imine (C=N–C) groups is 1. The number of hydrogen-bond acceptors (Lipinski definition) is 5. The normalized spacial score (nSPS) is 19.6. The number of piperazine rings is 1. The summed E-state index contributed by atoms with van der Waals surface area (Å²) in [6.45, 7) is 3.19. The Hall–Kier alpha value is -2.91. The van der Waals surface area contributed by atoms with Crippen molar-refractivity contribution in [1.29, 1.82) is 0 Å². The minimum absolute atomic E-state index is 0.125. The van der Waals surface area contributed by atoms with Crippen molar-refractivity contribution in [3.63, 3.8) is 0 Å². The number of rotatable bonds is 3. The highest BCUT2D eigenvalue weighted by Gasteiger charge is 2.32. The standard InChI is InChI=1S/C21H21ClN4O4S/c1-14(23-19-17-7-2-3-8-18(17)31(29,30)24-19)20(27)25-9-11-26(12-10-25)21(28)15-5-4-6-16(22)13-15/h2-8,13-14H,9-12H2,1H3,(H,23,24)/t14-/m0/s1. The Morgan fingerprint density at radius 1 is 1.03 bits per heavy atom. The van der Waals surface area contributed by atoms with Crippen molar-refractivity contribution in [2.45, 2.75) is 17.9 Å². The molecule has 2 aromatic carbocycles. The van der Waals surface area contributed by atoms with E-state index >= 15 is 0 Å². The number of fused-ring (bicyclic) bond motifs is 1. The summed E-state index contributed by atoms with van der Waals surface area (Å²) in [7, 11) is -3.66. The summed E-state index contributed by atoms with van der Waals surface area (Å²) in [6.07, 6.45) is 0. The zero-order valence-electron chi connectivity index (χ0n) is 16.8. The molecule has 2 heterocycles. The number of benzene rings is 2. The van der Waals surface area contributed by atoms with Crippen molar-refractivity contribution >= 4 is 39.3 Å². The molecule has 1 atom stereocenters. The third kappa shape index (κ3) is 4.28. The third-order valence-electron chi connectivity index (χ3n) is 5.29. The van der Waals surface area contributed by atoms with Gasteiger partial charge in [-0.3, -0.25) is 19.3 Å². The fourth-order valence-corrected chi connectivity index (χ4v) is 5.11. The maximum absolute atomic E-state index is 12.9. The van der Waals surface area contributed by atoms with Gasteiger partial charge in [-0.05, 0) is 37.3 Å². The number of nitrogens with one attached hydrogen (secondary N) is 1. The summed E-state index contributed by atoms with van der Waals surface area (Å²) in [4.78, 5) is 33.3.